The Kier molecular flexibility index (Phi) is 21.0. The van der Waals surface area contributed by atoms with Crippen molar-refractivity contribution in [2.75, 3.05) is 33.0 Å². The van der Waals surface area contributed by atoms with Gasteiger partial charge in [-0.2, -0.15) is 0 Å². The predicted octanol–water partition coefficient (Wildman–Crippen LogP) is 2.58. The van der Waals surface area contributed by atoms with E-state index >= 15 is 0 Å². The molecule has 0 spiro atoms. The summed E-state index contributed by atoms with van der Waals surface area (Å²) >= 11 is 0. The SMILES string of the molecule is CCC(C)(C)C(=O)OCC(O)O.CCC(C)(C)C(=O)OCCCO.CCC(C)(C)C(=O)OCCO. The highest BCUT2D eigenvalue weighted by Crippen LogP contribution is 2.22. The molecule has 0 saturated heterocycles. The molecule has 35 heavy (non-hydrogen) atoms. The lowest BCUT2D eigenvalue weighted by Crippen LogP contribution is -2.28. The summed E-state index contributed by atoms with van der Waals surface area (Å²) in [6.45, 7) is 16.6. The molecular formula is C25H50O10. The van der Waals surface area contributed by atoms with E-state index in [9.17, 15) is 14.4 Å². The summed E-state index contributed by atoms with van der Waals surface area (Å²) in [6.07, 6.45) is 1.11. The van der Waals surface area contributed by atoms with Crippen LogP contribution in [0.5, 0.6) is 0 Å². The molecule has 0 saturated carbocycles. The quantitative estimate of drug-likeness (QED) is 0.125. The van der Waals surface area contributed by atoms with Gasteiger partial charge in [0.1, 0.15) is 13.2 Å². The van der Waals surface area contributed by atoms with Gasteiger partial charge < -0.3 is 34.6 Å². The maximum Gasteiger partial charge on any atom is 0.311 e. The number of hydrogen-bond acceptors (Lipinski definition) is 10. The first-order valence-electron chi connectivity index (χ1n) is 12.1. The number of rotatable bonds is 13. The van der Waals surface area contributed by atoms with Crippen molar-refractivity contribution in [3.8, 4) is 0 Å². The normalized spacial score (nSPS) is 11.5. The van der Waals surface area contributed by atoms with Gasteiger partial charge in [0.2, 0.25) is 0 Å². The van der Waals surface area contributed by atoms with E-state index in [2.05, 4.69) is 4.74 Å². The Balaban J connectivity index is -0.000000439. The van der Waals surface area contributed by atoms with Crippen LogP contribution in [0.25, 0.3) is 0 Å². The van der Waals surface area contributed by atoms with E-state index in [0.717, 1.165) is 12.8 Å². The van der Waals surface area contributed by atoms with E-state index in [1.54, 1.807) is 13.8 Å². The highest BCUT2D eigenvalue weighted by atomic mass is 16.6. The van der Waals surface area contributed by atoms with Gasteiger partial charge in [0, 0.05) is 13.0 Å². The van der Waals surface area contributed by atoms with E-state index in [0.29, 0.717) is 19.4 Å². The van der Waals surface area contributed by atoms with Crippen molar-refractivity contribution in [3.05, 3.63) is 0 Å². The summed E-state index contributed by atoms with van der Waals surface area (Å²) in [6, 6.07) is 0. The van der Waals surface area contributed by atoms with Crippen LogP contribution in [0.3, 0.4) is 0 Å². The highest BCUT2D eigenvalue weighted by Gasteiger charge is 2.28. The molecule has 0 radical (unpaired) electrons. The smallest absolute Gasteiger partial charge is 0.311 e. The molecule has 0 rings (SSSR count). The zero-order valence-corrected chi connectivity index (χ0v) is 23.2. The summed E-state index contributed by atoms with van der Waals surface area (Å²) in [5.74, 6) is -0.828. The minimum Gasteiger partial charge on any atom is -0.465 e. The molecule has 0 unspecified atom stereocenters. The molecule has 0 aliphatic heterocycles. The van der Waals surface area contributed by atoms with Crippen LogP contribution in [0, 0.1) is 16.2 Å². The summed E-state index contributed by atoms with van der Waals surface area (Å²) in [5.41, 5.74) is -1.36. The standard InChI is InChI=1S/C9H18O3.C8H16O4.C8H16O3/c1-4-9(2,3)8(11)12-7-5-6-10;1-4-8(2,3)7(11)12-5-6(9)10;1-4-8(2,3)7(10)11-6-5-9/h10H,4-7H2,1-3H3;6,9-10H,4-5H2,1-3H3;9H,4-6H2,1-3H3. The largest absolute Gasteiger partial charge is 0.465 e. The van der Waals surface area contributed by atoms with Gasteiger partial charge in [-0.1, -0.05) is 20.8 Å². The first kappa shape index (κ1) is 37.8. The topological polar surface area (TPSA) is 160 Å². The molecule has 0 aliphatic rings. The van der Waals surface area contributed by atoms with Crippen molar-refractivity contribution >= 4 is 17.9 Å². The second-order valence-corrected chi connectivity index (χ2v) is 9.86. The minimum absolute atomic E-state index is 0.0693. The van der Waals surface area contributed by atoms with Crippen LogP contribution in [-0.4, -0.2) is 77.7 Å². The number of esters is 3. The van der Waals surface area contributed by atoms with Crippen LogP contribution in [0.4, 0.5) is 0 Å². The number of hydrogen-bond donors (Lipinski definition) is 4. The molecule has 0 aliphatic carbocycles. The maximum absolute atomic E-state index is 11.3. The van der Waals surface area contributed by atoms with E-state index in [-0.39, 0.29) is 38.4 Å². The van der Waals surface area contributed by atoms with Crippen LogP contribution < -0.4 is 0 Å². The van der Waals surface area contributed by atoms with Crippen molar-refractivity contribution in [1.29, 1.82) is 0 Å². The van der Waals surface area contributed by atoms with Crippen molar-refractivity contribution in [1.82, 2.24) is 0 Å². The number of ether oxygens (including phenoxy) is 3. The molecule has 0 amide bonds. The lowest BCUT2D eigenvalue weighted by atomic mass is 9.91. The third-order valence-electron chi connectivity index (χ3n) is 5.53. The number of aliphatic hydroxyl groups excluding tert-OH is 3. The van der Waals surface area contributed by atoms with Gasteiger partial charge in [0.15, 0.2) is 6.29 Å². The molecule has 0 aromatic rings. The van der Waals surface area contributed by atoms with E-state index in [1.165, 1.54) is 0 Å². The molecule has 0 fully saturated rings. The molecule has 0 atom stereocenters. The molecule has 4 N–H and O–H groups in total. The molecule has 210 valence electrons. The van der Waals surface area contributed by atoms with Gasteiger partial charge in [0.25, 0.3) is 0 Å². The number of aliphatic hydroxyl groups is 4. The highest BCUT2D eigenvalue weighted by molar-refractivity contribution is 5.76. The fraction of sp³-hybridized carbons (Fsp3) is 0.880. The summed E-state index contributed by atoms with van der Waals surface area (Å²) in [7, 11) is 0. The van der Waals surface area contributed by atoms with Gasteiger partial charge >= 0.3 is 17.9 Å². The second kappa shape index (κ2) is 19.4. The van der Waals surface area contributed by atoms with Crippen molar-refractivity contribution in [3.63, 3.8) is 0 Å². The molecule has 0 aromatic carbocycles. The Bertz CT molecular complexity index is 583. The zero-order chi connectivity index (χ0) is 28.3. The van der Waals surface area contributed by atoms with E-state index in [4.69, 9.17) is 29.9 Å². The molecule has 0 aromatic heterocycles. The fourth-order valence-corrected chi connectivity index (χ4v) is 1.54. The van der Waals surface area contributed by atoms with Crippen LogP contribution >= 0.6 is 0 Å². The summed E-state index contributed by atoms with van der Waals surface area (Å²) in [5, 5.41) is 33.7. The molecule has 10 heteroatoms. The lowest BCUT2D eigenvalue weighted by Gasteiger charge is -2.20. The van der Waals surface area contributed by atoms with Crippen LogP contribution in [0.1, 0.15) is 88.0 Å². The molecular weight excluding hydrogens is 460 g/mol. The molecule has 10 nitrogen and oxygen atoms in total. The summed E-state index contributed by atoms with van der Waals surface area (Å²) in [4.78, 5) is 33.5. The van der Waals surface area contributed by atoms with E-state index < -0.39 is 28.5 Å². The molecule has 0 bridgehead atoms. The molecule has 0 heterocycles. The van der Waals surface area contributed by atoms with Gasteiger partial charge in [-0.25, -0.2) is 0 Å². The maximum atomic E-state index is 11.3. The lowest BCUT2D eigenvalue weighted by molar-refractivity contribution is -0.166. The van der Waals surface area contributed by atoms with Crippen molar-refractivity contribution in [2.45, 2.75) is 94.3 Å². The number of carbonyl (C=O) groups excluding carboxylic acids is 3. The average molecular weight is 511 g/mol. The van der Waals surface area contributed by atoms with Gasteiger partial charge in [-0.05, 0) is 60.8 Å². The Morgan fingerprint density at radius 2 is 0.971 bits per heavy atom. The third-order valence-corrected chi connectivity index (χ3v) is 5.53. The second-order valence-electron chi connectivity index (χ2n) is 9.86. The Morgan fingerprint density at radius 1 is 0.629 bits per heavy atom. The minimum atomic E-state index is -1.58. The first-order valence-corrected chi connectivity index (χ1v) is 12.1. The van der Waals surface area contributed by atoms with Gasteiger partial charge in [0.05, 0.1) is 29.5 Å². The summed E-state index contributed by atoms with van der Waals surface area (Å²) < 4.78 is 14.3. The fourth-order valence-electron chi connectivity index (χ4n) is 1.54. The monoisotopic (exact) mass is 510 g/mol. The predicted molar refractivity (Wildman–Crippen MR) is 132 cm³/mol. The van der Waals surface area contributed by atoms with Crippen LogP contribution in [-0.2, 0) is 28.6 Å². The van der Waals surface area contributed by atoms with Gasteiger partial charge in [-0.3, -0.25) is 14.4 Å². The first-order chi connectivity index (χ1) is 16.0. The Labute approximate surface area is 211 Å². The van der Waals surface area contributed by atoms with Crippen molar-refractivity contribution in [2.24, 2.45) is 16.2 Å². The number of carbonyl (C=O) groups is 3. The van der Waals surface area contributed by atoms with Crippen molar-refractivity contribution < 1.29 is 49.0 Å². The van der Waals surface area contributed by atoms with Gasteiger partial charge in [-0.15, -0.1) is 0 Å². The Hall–Kier alpha value is -1.75. The zero-order valence-electron chi connectivity index (χ0n) is 23.2. The van der Waals surface area contributed by atoms with E-state index in [1.807, 2.05) is 48.5 Å². The van der Waals surface area contributed by atoms with Crippen LogP contribution in [0.2, 0.25) is 0 Å². The third kappa shape index (κ3) is 19.2. The average Bonchev–Trinajstić information content (AvgIpc) is 2.81. The van der Waals surface area contributed by atoms with Crippen LogP contribution in [0.15, 0.2) is 0 Å². The Morgan fingerprint density at radius 3 is 1.26 bits per heavy atom.